The molecule has 1 heterocycles. The van der Waals surface area contributed by atoms with Gasteiger partial charge in [0.2, 0.25) is 0 Å². The van der Waals surface area contributed by atoms with Crippen LogP contribution in [0.1, 0.15) is 29.8 Å². The second-order valence-electron chi connectivity index (χ2n) is 5.22. The van der Waals surface area contributed by atoms with E-state index in [4.69, 9.17) is 15.5 Å². The normalized spacial score (nSPS) is 13.9. The number of nitrogen functional groups attached to an aromatic ring is 1. The Morgan fingerprint density at radius 1 is 1.15 bits per heavy atom. The Labute approximate surface area is 119 Å². The third-order valence-corrected chi connectivity index (χ3v) is 3.89. The number of anilines is 1. The first-order chi connectivity index (χ1) is 9.69. The van der Waals surface area contributed by atoms with Crippen molar-refractivity contribution in [3.8, 4) is 17.1 Å². The molecule has 1 aromatic heterocycles. The van der Waals surface area contributed by atoms with Crippen molar-refractivity contribution >= 4 is 5.69 Å². The van der Waals surface area contributed by atoms with Gasteiger partial charge in [-0.2, -0.15) is 0 Å². The number of rotatable bonds is 2. The van der Waals surface area contributed by atoms with Gasteiger partial charge in [0.1, 0.15) is 5.75 Å². The van der Waals surface area contributed by atoms with Crippen molar-refractivity contribution in [3.05, 3.63) is 35.2 Å². The number of fused-ring (bicyclic) bond motifs is 1. The molecule has 0 aliphatic heterocycles. The van der Waals surface area contributed by atoms with Gasteiger partial charge < -0.3 is 10.5 Å². The molecule has 1 aromatic carbocycles. The number of aryl methyl sites for hydroxylation is 2. The lowest BCUT2D eigenvalue weighted by Crippen LogP contribution is -2.10. The minimum absolute atomic E-state index is 0.652. The number of hydrogen-bond donors (Lipinski definition) is 1. The maximum absolute atomic E-state index is 6.10. The van der Waals surface area contributed by atoms with Crippen molar-refractivity contribution in [3.63, 3.8) is 0 Å². The second kappa shape index (κ2) is 5.12. The van der Waals surface area contributed by atoms with Crippen LogP contribution in [0.15, 0.2) is 18.2 Å². The lowest BCUT2D eigenvalue weighted by molar-refractivity contribution is 0.415. The van der Waals surface area contributed by atoms with Crippen LogP contribution in [0.4, 0.5) is 5.69 Å². The minimum Gasteiger partial charge on any atom is -0.497 e. The predicted octanol–water partition coefficient (Wildman–Crippen LogP) is 2.92. The number of aromatic nitrogens is 2. The molecule has 1 aliphatic rings. The van der Waals surface area contributed by atoms with E-state index in [-0.39, 0.29) is 0 Å². The van der Waals surface area contributed by atoms with Gasteiger partial charge in [0, 0.05) is 28.7 Å². The third-order valence-electron chi connectivity index (χ3n) is 3.89. The molecular weight excluding hydrogens is 250 g/mol. The number of nitrogens with zero attached hydrogens (tertiary/aromatic N) is 2. The van der Waals surface area contributed by atoms with Crippen LogP contribution in [-0.4, -0.2) is 17.1 Å². The smallest absolute Gasteiger partial charge is 0.161 e. The molecule has 20 heavy (non-hydrogen) atoms. The van der Waals surface area contributed by atoms with E-state index in [0.29, 0.717) is 5.69 Å². The van der Waals surface area contributed by atoms with Crippen LogP contribution >= 0.6 is 0 Å². The van der Waals surface area contributed by atoms with Gasteiger partial charge in [-0.15, -0.1) is 0 Å². The summed E-state index contributed by atoms with van der Waals surface area (Å²) in [6, 6.07) is 5.63. The molecule has 0 saturated carbocycles. The average molecular weight is 269 g/mol. The number of hydrogen-bond acceptors (Lipinski definition) is 4. The molecular formula is C16H19N3O. The molecule has 0 amide bonds. The summed E-state index contributed by atoms with van der Waals surface area (Å²) in [5.74, 6) is 1.48. The molecule has 0 fully saturated rings. The van der Waals surface area contributed by atoms with Gasteiger partial charge in [-0.05, 0) is 50.3 Å². The minimum atomic E-state index is 0.652. The highest BCUT2D eigenvalue weighted by Gasteiger charge is 2.17. The van der Waals surface area contributed by atoms with Crippen molar-refractivity contribution in [1.82, 2.24) is 9.97 Å². The van der Waals surface area contributed by atoms with Gasteiger partial charge >= 0.3 is 0 Å². The van der Waals surface area contributed by atoms with E-state index in [2.05, 4.69) is 11.9 Å². The summed E-state index contributed by atoms with van der Waals surface area (Å²) in [7, 11) is 1.63. The van der Waals surface area contributed by atoms with Crippen LogP contribution in [0.25, 0.3) is 11.4 Å². The molecule has 0 spiro atoms. The van der Waals surface area contributed by atoms with Gasteiger partial charge in [0.15, 0.2) is 5.82 Å². The first-order valence-corrected chi connectivity index (χ1v) is 6.99. The lowest BCUT2D eigenvalue weighted by Gasteiger charge is -2.18. The lowest BCUT2D eigenvalue weighted by atomic mass is 9.94. The van der Waals surface area contributed by atoms with Gasteiger partial charge in [-0.1, -0.05) is 0 Å². The molecule has 104 valence electrons. The van der Waals surface area contributed by atoms with Crippen molar-refractivity contribution in [1.29, 1.82) is 0 Å². The van der Waals surface area contributed by atoms with Crippen LogP contribution in [-0.2, 0) is 12.8 Å². The Bertz CT molecular complexity index is 652. The summed E-state index contributed by atoms with van der Waals surface area (Å²) >= 11 is 0. The van der Waals surface area contributed by atoms with E-state index in [9.17, 15) is 0 Å². The number of benzene rings is 1. The number of methoxy groups -OCH3 is 1. The molecule has 2 aromatic rings. The number of ether oxygens (including phenoxy) is 1. The summed E-state index contributed by atoms with van der Waals surface area (Å²) in [5, 5.41) is 0. The summed E-state index contributed by atoms with van der Waals surface area (Å²) in [5.41, 5.74) is 11.2. The van der Waals surface area contributed by atoms with E-state index in [0.717, 1.165) is 35.7 Å². The maximum atomic E-state index is 6.10. The highest BCUT2D eigenvalue weighted by molar-refractivity contribution is 5.73. The van der Waals surface area contributed by atoms with Crippen molar-refractivity contribution < 1.29 is 4.74 Å². The van der Waals surface area contributed by atoms with Crippen LogP contribution < -0.4 is 10.5 Å². The van der Waals surface area contributed by atoms with Crippen LogP contribution in [0.5, 0.6) is 5.75 Å². The molecule has 0 radical (unpaired) electrons. The molecule has 1 aliphatic carbocycles. The third kappa shape index (κ3) is 2.22. The summed E-state index contributed by atoms with van der Waals surface area (Å²) in [6.45, 7) is 2.06. The van der Waals surface area contributed by atoms with E-state index >= 15 is 0 Å². The molecule has 4 nitrogen and oxygen atoms in total. The fourth-order valence-corrected chi connectivity index (χ4v) is 2.77. The van der Waals surface area contributed by atoms with Gasteiger partial charge in [-0.25, -0.2) is 9.97 Å². The van der Waals surface area contributed by atoms with Crippen LogP contribution in [0, 0.1) is 6.92 Å². The van der Waals surface area contributed by atoms with Gasteiger partial charge in [-0.3, -0.25) is 0 Å². The van der Waals surface area contributed by atoms with E-state index in [1.54, 1.807) is 7.11 Å². The molecule has 0 atom stereocenters. The Morgan fingerprint density at radius 3 is 2.70 bits per heavy atom. The molecule has 4 heteroatoms. The largest absolute Gasteiger partial charge is 0.497 e. The zero-order chi connectivity index (χ0) is 14.1. The monoisotopic (exact) mass is 269 g/mol. The van der Waals surface area contributed by atoms with Crippen molar-refractivity contribution in [2.24, 2.45) is 0 Å². The second-order valence-corrected chi connectivity index (χ2v) is 5.22. The molecule has 0 unspecified atom stereocenters. The van der Waals surface area contributed by atoms with Crippen LogP contribution in [0.3, 0.4) is 0 Å². The standard InChI is InChI=1S/C16H19N3O/c1-10-12-5-3-4-6-15(12)19-16(18-10)13-8-7-11(20-2)9-14(13)17/h7-9H,3-6,17H2,1-2H3. The fraction of sp³-hybridized carbons (Fsp3) is 0.375. The summed E-state index contributed by atoms with van der Waals surface area (Å²) < 4.78 is 5.18. The van der Waals surface area contributed by atoms with Crippen molar-refractivity contribution in [2.45, 2.75) is 32.6 Å². The SMILES string of the molecule is COc1ccc(-c2nc(C)c3c(n2)CCCC3)c(N)c1. The topological polar surface area (TPSA) is 61.0 Å². The summed E-state index contributed by atoms with van der Waals surface area (Å²) in [4.78, 5) is 9.37. The quantitative estimate of drug-likeness (QED) is 0.851. The van der Waals surface area contributed by atoms with Crippen molar-refractivity contribution in [2.75, 3.05) is 12.8 Å². The van der Waals surface area contributed by atoms with Crippen LogP contribution in [0.2, 0.25) is 0 Å². The fourth-order valence-electron chi connectivity index (χ4n) is 2.77. The molecule has 3 rings (SSSR count). The molecule has 0 bridgehead atoms. The Kier molecular flexibility index (Phi) is 3.30. The molecule has 0 saturated heterocycles. The first kappa shape index (κ1) is 12.9. The zero-order valence-electron chi connectivity index (χ0n) is 11.9. The zero-order valence-corrected chi connectivity index (χ0v) is 11.9. The number of nitrogens with two attached hydrogens (primary N) is 1. The highest BCUT2D eigenvalue weighted by Crippen LogP contribution is 2.30. The Morgan fingerprint density at radius 2 is 1.95 bits per heavy atom. The Hall–Kier alpha value is -2.10. The van der Waals surface area contributed by atoms with Gasteiger partial charge in [0.05, 0.1) is 7.11 Å². The summed E-state index contributed by atoms with van der Waals surface area (Å²) in [6.07, 6.45) is 4.59. The molecule has 2 N–H and O–H groups in total. The average Bonchev–Trinajstić information content (AvgIpc) is 2.47. The van der Waals surface area contributed by atoms with E-state index in [1.807, 2.05) is 18.2 Å². The van der Waals surface area contributed by atoms with E-state index in [1.165, 1.54) is 24.1 Å². The highest BCUT2D eigenvalue weighted by atomic mass is 16.5. The Balaban J connectivity index is 2.08. The first-order valence-electron chi connectivity index (χ1n) is 6.99. The predicted molar refractivity (Wildman–Crippen MR) is 79.8 cm³/mol. The maximum Gasteiger partial charge on any atom is 0.161 e. The van der Waals surface area contributed by atoms with E-state index < -0.39 is 0 Å². The van der Waals surface area contributed by atoms with Gasteiger partial charge in [0.25, 0.3) is 0 Å².